The number of furan rings is 1. The molecule has 4 rings (SSSR count). The summed E-state index contributed by atoms with van der Waals surface area (Å²) in [4.78, 5) is 24.7. The molecular formula is C15H14N2O3. The Hall–Kier alpha value is -2.17. The molecule has 2 heterocycles. The zero-order valence-corrected chi connectivity index (χ0v) is 11.0. The standard InChI is InChI=1S/C15H14N2O3/c1-8-4-5-20-11(8)7-16-17-14(18)12-9-2-3-10(6-9)13(12)15(17)19/h2-5,7,9-10,12-13H,6H2,1H3/t9-,10-,12-,13+/m0/s1. The van der Waals surface area contributed by atoms with E-state index in [4.69, 9.17) is 4.42 Å². The van der Waals surface area contributed by atoms with Gasteiger partial charge in [0.15, 0.2) is 0 Å². The summed E-state index contributed by atoms with van der Waals surface area (Å²) in [6, 6.07) is 1.81. The summed E-state index contributed by atoms with van der Waals surface area (Å²) in [5, 5.41) is 5.09. The van der Waals surface area contributed by atoms with E-state index in [0.29, 0.717) is 5.76 Å². The molecule has 1 aromatic heterocycles. The smallest absolute Gasteiger partial charge is 0.254 e. The van der Waals surface area contributed by atoms with Crippen molar-refractivity contribution in [3.05, 3.63) is 35.8 Å². The Kier molecular flexibility index (Phi) is 2.28. The van der Waals surface area contributed by atoms with Gasteiger partial charge in [-0.2, -0.15) is 10.1 Å². The van der Waals surface area contributed by atoms with Crippen LogP contribution < -0.4 is 0 Å². The molecule has 0 N–H and O–H groups in total. The predicted octanol–water partition coefficient (Wildman–Crippen LogP) is 1.73. The average molecular weight is 270 g/mol. The zero-order valence-electron chi connectivity index (χ0n) is 11.0. The lowest BCUT2D eigenvalue weighted by atomic mass is 9.85. The lowest BCUT2D eigenvalue weighted by Crippen LogP contribution is -2.28. The normalized spacial score (nSPS) is 34.8. The highest BCUT2D eigenvalue weighted by atomic mass is 16.3. The highest BCUT2D eigenvalue weighted by Crippen LogP contribution is 2.52. The quantitative estimate of drug-likeness (QED) is 0.467. The number of imide groups is 1. The van der Waals surface area contributed by atoms with Crippen LogP contribution in [0.1, 0.15) is 17.7 Å². The fraction of sp³-hybridized carbons (Fsp3) is 0.400. The minimum atomic E-state index is -0.202. The maximum Gasteiger partial charge on any atom is 0.254 e. The Balaban J connectivity index is 1.62. The van der Waals surface area contributed by atoms with E-state index in [1.165, 1.54) is 6.21 Å². The van der Waals surface area contributed by atoms with Crippen LogP contribution in [0, 0.1) is 30.6 Å². The van der Waals surface area contributed by atoms with Gasteiger partial charge in [0.1, 0.15) is 5.76 Å². The van der Waals surface area contributed by atoms with E-state index < -0.39 is 0 Å². The molecular weight excluding hydrogens is 256 g/mol. The van der Waals surface area contributed by atoms with Crippen molar-refractivity contribution >= 4 is 18.0 Å². The molecule has 2 amide bonds. The first-order valence-corrected chi connectivity index (χ1v) is 6.81. The summed E-state index contributed by atoms with van der Waals surface area (Å²) in [6.45, 7) is 1.89. The molecule has 4 atom stereocenters. The Morgan fingerprint density at radius 2 is 1.90 bits per heavy atom. The van der Waals surface area contributed by atoms with E-state index in [2.05, 4.69) is 17.3 Å². The Bertz CT molecular complexity index is 628. The van der Waals surface area contributed by atoms with Crippen molar-refractivity contribution in [1.82, 2.24) is 5.01 Å². The van der Waals surface area contributed by atoms with Crippen molar-refractivity contribution in [1.29, 1.82) is 0 Å². The second-order valence-corrected chi connectivity index (χ2v) is 5.70. The van der Waals surface area contributed by atoms with Gasteiger partial charge in [-0.3, -0.25) is 9.59 Å². The molecule has 102 valence electrons. The van der Waals surface area contributed by atoms with Crippen LogP contribution in [-0.2, 0) is 9.59 Å². The molecule has 1 saturated carbocycles. The average Bonchev–Trinajstić information content (AvgIpc) is 3.16. The lowest BCUT2D eigenvalue weighted by Gasteiger charge is -2.13. The summed E-state index contributed by atoms with van der Waals surface area (Å²) in [5.41, 5.74) is 0.926. The van der Waals surface area contributed by atoms with E-state index in [1.807, 2.05) is 13.0 Å². The maximum atomic E-state index is 12.4. The number of carbonyl (C=O) groups excluding carboxylic acids is 2. The number of hydrogen-bond donors (Lipinski definition) is 0. The van der Waals surface area contributed by atoms with E-state index in [0.717, 1.165) is 17.0 Å². The fourth-order valence-electron chi connectivity index (χ4n) is 3.63. The second-order valence-electron chi connectivity index (χ2n) is 5.70. The Morgan fingerprint density at radius 1 is 1.25 bits per heavy atom. The van der Waals surface area contributed by atoms with Crippen molar-refractivity contribution in [3.63, 3.8) is 0 Å². The van der Waals surface area contributed by atoms with Crippen LogP contribution in [0.15, 0.2) is 34.0 Å². The van der Waals surface area contributed by atoms with Crippen molar-refractivity contribution in [2.24, 2.45) is 28.8 Å². The first-order chi connectivity index (χ1) is 9.66. The van der Waals surface area contributed by atoms with Gasteiger partial charge >= 0.3 is 0 Å². The molecule has 1 aliphatic heterocycles. The Morgan fingerprint density at radius 3 is 2.45 bits per heavy atom. The van der Waals surface area contributed by atoms with Crippen LogP contribution in [0.4, 0.5) is 0 Å². The van der Waals surface area contributed by atoms with Crippen LogP contribution in [0.25, 0.3) is 0 Å². The summed E-state index contributed by atoms with van der Waals surface area (Å²) in [5.74, 6) is 0.261. The van der Waals surface area contributed by atoms with Crippen LogP contribution in [-0.4, -0.2) is 23.0 Å². The minimum absolute atomic E-state index is 0.169. The number of carbonyl (C=O) groups is 2. The van der Waals surface area contributed by atoms with Crippen LogP contribution in [0.2, 0.25) is 0 Å². The summed E-state index contributed by atoms with van der Waals surface area (Å²) < 4.78 is 5.23. The molecule has 1 saturated heterocycles. The van der Waals surface area contributed by atoms with Gasteiger partial charge in [0.05, 0.1) is 24.3 Å². The molecule has 2 fully saturated rings. The summed E-state index contributed by atoms with van der Waals surface area (Å²) in [6.07, 6.45) is 8.08. The number of aryl methyl sites for hydroxylation is 1. The number of hydrazone groups is 1. The largest absolute Gasteiger partial charge is 0.463 e. The van der Waals surface area contributed by atoms with Gasteiger partial charge < -0.3 is 4.42 Å². The molecule has 0 spiro atoms. The van der Waals surface area contributed by atoms with Crippen LogP contribution >= 0.6 is 0 Å². The Labute approximate surface area is 115 Å². The molecule has 0 aromatic carbocycles. The number of amides is 2. The van der Waals surface area contributed by atoms with Gasteiger partial charge in [0, 0.05) is 0 Å². The van der Waals surface area contributed by atoms with E-state index in [9.17, 15) is 9.59 Å². The van der Waals surface area contributed by atoms with Gasteiger partial charge in [0.25, 0.3) is 11.8 Å². The first kappa shape index (κ1) is 11.6. The third-order valence-electron chi connectivity index (χ3n) is 4.64. The zero-order chi connectivity index (χ0) is 13.9. The number of allylic oxidation sites excluding steroid dienone is 2. The van der Waals surface area contributed by atoms with Crippen molar-refractivity contribution in [2.75, 3.05) is 0 Å². The summed E-state index contributed by atoms with van der Waals surface area (Å²) >= 11 is 0. The fourth-order valence-corrected chi connectivity index (χ4v) is 3.63. The van der Waals surface area contributed by atoms with Gasteiger partial charge in [-0.05, 0) is 36.8 Å². The molecule has 20 heavy (non-hydrogen) atoms. The van der Waals surface area contributed by atoms with Gasteiger partial charge in [-0.15, -0.1) is 0 Å². The molecule has 0 radical (unpaired) electrons. The lowest BCUT2D eigenvalue weighted by molar-refractivity contribution is -0.140. The predicted molar refractivity (Wildman–Crippen MR) is 70.6 cm³/mol. The summed E-state index contributed by atoms with van der Waals surface area (Å²) in [7, 11) is 0. The van der Waals surface area contributed by atoms with E-state index in [-0.39, 0.29) is 35.5 Å². The van der Waals surface area contributed by atoms with Crippen molar-refractivity contribution < 1.29 is 14.0 Å². The van der Waals surface area contributed by atoms with E-state index >= 15 is 0 Å². The third kappa shape index (κ3) is 1.40. The number of nitrogens with zero attached hydrogens (tertiary/aromatic N) is 2. The highest BCUT2D eigenvalue weighted by molar-refractivity contribution is 6.06. The highest BCUT2D eigenvalue weighted by Gasteiger charge is 2.59. The molecule has 5 heteroatoms. The van der Waals surface area contributed by atoms with Gasteiger partial charge in [-0.1, -0.05) is 12.2 Å². The van der Waals surface area contributed by atoms with Crippen molar-refractivity contribution in [3.8, 4) is 0 Å². The number of hydrogen-bond acceptors (Lipinski definition) is 4. The molecule has 3 aliphatic rings. The molecule has 1 aromatic rings. The topological polar surface area (TPSA) is 62.9 Å². The van der Waals surface area contributed by atoms with Gasteiger partial charge in [-0.25, -0.2) is 0 Å². The number of rotatable bonds is 2. The molecule has 5 nitrogen and oxygen atoms in total. The van der Waals surface area contributed by atoms with Gasteiger partial charge in [0.2, 0.25) is 0 Å². The molecule has 0 unspecified atom stereocenters. The van der Waals surface area contributed by atoms with Crippen LogP contribution in [0.3, 0.4) is 0 Å². The maximum absolute atomic E-state index is 12.4. The SMILES string of the molecule is Cc1ccoc1C=NN1C(=O)[C@@H]2[C@H](C1=O)[C@H]1C=C[C@H]2C1. The minimum Gasteiger partial charge on any atom is -0.463 e. The first-order valence-electron chi connectivity index (χ1n) is 6.81. The van der Waals surface area contributed by atoms with Crippen LogP contribution in [0.5, 0.6) is 0 Å². The molecule has 2 aliphatic carbocycles. The third-order valence-corrected chi connectivity index (χ3v) is 4.64. The van der Waals surface area contributed by atoms with E-state index in [1.54, 1.807) is 6.26 Å². The molecule has 2 bridgehead atoms. The monoisotopic (exact) mass is 270 g/mol. The van der Waals surface area contributed by atoms with Crippen molar-refractivity contribution in [2.45, 2.75) is 13.3 Å². The number of fused-ring (bicyclic) bond motifs is 5. The second kappa shape index (κ2) is 3.91.